The molecule has 27 heavy (non-hydrogen) atoms. The molecule has 0 spiro atoms. The van der Waals surface area contributed by atoms with Crippen LogP contribution in [0.1, 0.15) is 12.0 Å². The van der Waals surface area contributed by atoms with Crippen LogP contribution in [-0.2, 0) is 11.2 Å². The maximum Gasteiger partial charge on any atom is 0.227 e. The van der Waals surface area contributed by atoms with E-state index in [1.165, 1.54) is 0 Å². The Morgan fingerprint density at radius 3 is 2.44 bits per heavy atom. The van der Waals surface area contributed by atoms with Crippen molar-refractivity contribution in [3.8, 4) is 11.4 Å². The Kier molecular flexibility index (Phi) is 6.40. The lowest BCUT2D eigenvalue weighted by Gasteiger charge is -2.15. The number of carbonyl (C=O) groups excluding carboxylic acids is 1. The summed E-state index contributed by atoms with van der Waals surface area (Å²) < 4.78 is 0. The number of rotatable bonds is 7. The van der Waals surface area contributed by atoms with Gasteiger partial charge in [-0.25, -0.2) is 15.0 Å². The van der Waals surface area contributed by atoms with Gasteiger partial charge >= 0.3 is 0 Å². The highest BCUT2D eigenvalue weighted by Crippen LogP contribution is 2.18. The molecule has 3 rings (SSSR count). The van der Waals surface area contributed by atoms with Crippen molar-refractivity contribution in [2.24, 2.45) is 5.92 Å². The molecule has 2 N–H and O–H groups in total. The molecular weight excluding hydrogens is 366 g/mol. The van der Waals surface area contributed by atoms with Gasteiger partial charge in [0.2, 0.25) is 5.91 Å². The monoisotopic (exact) mass is 383 g/mol. The molecular formula is C19H18ClN5O2. The molecule has 0 fully saturated rings. The molecule has 1 amide bonds. The van der Waals surface area contributed by atoms with Gasteiger partial charge in [0.1, 0.15) is 5.15 Å². The lowest BCUT2D eigenvalue weighted by Crippen LogP contribution is -2.26. The van der Waals surface area contributed by atoms with E-state index in [1.54, 1.807) is 37.1 Å². The quantitative estimate of drug-likeness (QED) is 0.608. The molecule has 3 aromatic heterocycles. The van der Waals surface area contributed by atoms with E-state index >= 15 is 0 Å². The van der Waals surface area contributed by atoms with Gasteiger partial charge in [-0.1, -0.05) is 17.7 Å². The zero-order valence-electron chi connectivity index (χ0n) is 14.4. The first-order chi connectivity index (χ1) is 13.2. The maximum atomic E-state index is 12.6. The second-order valence-corrected chi connectivity index (χ2v) is 6.31. The van der Waals surface area contributed by atoms with Crippen LogP contribution in [-0.4, -0.2) is 37.6 Å². The number of aliphatic hydroxyl groups is 1. The van der Waals surface area contributed by atoms with Gasteiger partial charge in [0.25, 0.3) is 0 Å². The molecule has 0 aliphatic rings. The number of pyridine rings is 2. The highest BCUT2D eigenvalue weighted by atomic mass is 35.5. The molecule has 7 nitrogen and oxygen atoms in total. The van der Waals surface area contributed by atoms with E-state index in [2.05, 4.69) is 25.3 Å². The predicted octanol–water partition coefficient (Wildman–Crippen LogP) is 2.77. The number of halogens is 1. The zero-order chi connectivity index (χ0) is 19.1. The van der Waals surface area contributed by atoms with Gasteiger partial charge in [0, 0.05) is 36.7 Å². The van der Waals surface area contributed by atoms with Crippen LogP contribution in [0.15, 0.2) is 55.2 Å². The van der Waals surface area contributed by atoms with Crippen LogP contribution >= 0.6 is 11.6 Å². The molecule has 3 heterocycles. The van der Waals surface area contributed by atoms with Crippen molar-refractivity contribution in [3.63, 3.8) is 0 Å². The second-order valence-electron chi connectivity index (χ2n) is 5.92. The van der Waals surface area contributed by atoms with E-state index in [0.717, 1.165) is 11.1 Å². The van der Waals surface area contributed by atoms with Crippen LogP contribution in [0.5, 0.6) is 0 Å². The Morgan fingerprint density at radius 2 is 1.81 bits per heavy atom. The number of anilines is 1. The van der Waals surface area contributed by atoms with Gasteiger partial charge in [-0.2, -0.15) is 0 Å². The number of aliphatic hydroxyl groups excluding tert-OH is 1. The summed E-state index contributed by atoms with van der Waals surface area (Å²) in [4.78, 5) is 29.1. The van der Waals surface area contributed by atoms with E-state index < -0.39 is 5.92 Å². The molecule has 0 aliphatic carbocycles. The summed E-state index contributed by atoms with van der Waals surface area (Å²) in [6, 6.07) is 7.12. The normalized spacial score (nSPS) is 11.8. The van der Waals surface area contributed by atoms with Crippen molar-refractivity contribution in [2.45, 2.75) is 12.8 Å². The van der Waals surface area contributed by atoms with Crippen LogP contribution in [0.3, 0.4) is 0 Å². The van der Waals surface area contributed by atoms with Crippen molar-refractivity contribution in [1.82, 2.24) is 19.9 Å². The van der Waals surface area contributed by atoms with E-state index in [1.807, 2.05) is 18.2 Å². The fourth-order valence-electron chi connectivity index (χ4n) is 2.58. The summed E-state index contributed by atoms with van der Waals surface area (Å²) in [5.41, 5.74) is 2.21. The fraction of sp³-hybridized carbons (Fsp3) is 0.211. The van der Waals surface area contributed by atoms with Gasteiger partial charge in [-0.3, -0.25) is 9.78 Å². The maximum absolute atomic E-state index is 12.6. The minimum Gasteiger partial charge on any atom is -0.396 e. The van der Waals surface area contributed by atoms with Crippen LogP contribution in [0.25, 0.3) is 11.4 Å². The molecule has 0 saturated carbocycles. The third-order valence-corrected chi connectivity index (χ3v) is 4.20. The number of nitrogens with one attached hydrogen (secondary N) is 1. The smallest absolute Gasteiger partial charge is 0.227 e. The third kappa shape index (κ3) is 5.29. The number of nitrogens with zero attached hydrogens (tertiary/aromatic N) is 4. The van der Waals surface area contributed by atoms with Crippen molar-refractivity contribution in [2.75, 3.05) is 11.9 Å². The van der Waals surface area contributed by atoms with E-state index in [0.29, 0.717) is 29.5 Å². The Hall–Kier alpha value is -2.90. The standard InChI is InChI=1S/C19H18ClN5O2/c20-17-2-1-13(10-22-17)9-15(5-8-26)19(27)25-16-11-23-18(24-12-16)14-3-6-21-7-4-14/h1-4,6-7,10-12,15,26H,5,8-9H2,(H,25,27). The van der Waals surface area contributed by atoms with Gasteiger partial charge in [0.15, 0.2) is 5.82 Å². The summed E-state index contributed by atoms with van der Waals surface area (Å²) in [5.74, 6) is -0.0633. The minimum absolute atomic E-state index is 0.0867. The van der Waals surface area contributed by atoms with Crippen LogP contribution < -0.4 is 5.32 Å². The third-order valence-electron chi connectivity index (χ3n) is 3.98. The van der Waals surface area contributed by atoms with Gasteiger partial charge in [0.05, 0.1) is 18.1 Å². The van der Waals surface area contributed by atoms with E-state index in [4.69, 9.17) is 11.6 Å². The molecule has 3 aromatic rings. The molecule has 1 atom stereocenters. The Bertz CT molecular complexity index is 873. The molecule has 138 valence electrons. The molecule has 0 radical (unpaired) electrons. The molecule has 0 bridgehead atoms. The second kappa shape index (κ2) is 9.16. The highest BCUT2D eigenvalue weighted by Gasteiger charge is 2.19. The summed E-state index contributed by atoms with van der Waals surface area (Å²) in [7, 11) is 0. The summed E-state index contributed by atoms with van der Waals surface area (Å²) in [5, 5.41) is 12.5. The molecule has 0 aromatic carbocycles. The van der Waals surface area contributed by atoms with E-state index in [9.17, 15) is 9.90 Å². The van der Waals surface area contributed by atoms with Crippen LogP contribution in [0.2, 0.25) is 5.15 Å². The first kappa shape index (κ1) is 18.9. The van der Waals surface area contributed by atoms with Crippen molar-refractivity contribution < 1.29 is 9.90 Å². The van der Waals surface area contributed by atoms with Gasteiger partial charge in [-0.15, -0.1) is 0 Å². The number of hydrogen-bond acceptors (Lipinski definition) is 6. The highest BCUT2D eigenvalue weighted by molar-refractivity contribution is 6.29. The predicted molar refractivity (Wildman–Crippen MR) is 102 cm³/mol. The minimum atomic E-state index is -0.405. The van der Waals surface area contributed by atoms with Crippen LogP contribution in [0, 0.1) is 5.92 Å². The SMILES string of the molecule is O=C(Nc1cnc(-c2ccncc2)nc1)C(CCO)Cc1ccc(Cl)nc1. The number of amides is 1. The lowest BCUT2D eigenvalue weighted by molar-refractivity contribution is -0.120. The number of carbonyl (C=O) groups is 1. The van der Waals surface area contributed by atoms with Gasteiger partial charge < -0.3 is 10.4 Å². The average Bonchev–Trinajstić information content (AvgIpc) is 2.70. The van der Waals surface area contributed by atoms with E-state index in [-0.39, 0.29) is 12.5 Å². The first-order valence-corrected chi connectivity index (χ1v) is 8.78. The summed E-state index contributed by atoms with van der Waals surface area (Å²) in [6.45, 7) is -0.0867. The largest absolute Gasteiger partial charge is 0.396 e. The number of hydrogen-bond donors (Lipinski definition) is 2. The summed E-state index contributed by atoms with van der Waals surface area (Å²) in [6.07, 6.45) is 8.86. The topological polar surface area (TPSA) is 101 Å². The number of aromatic nitrogens is 4. The van der Waals surface area contributed by atoms with Crippen molar-refractivity contribution >= 4 is 23.2 Å². The van der Waals surface area contributed by atoms with Crippen molar-refractivity contribution in [3.05, 3.63) is 66.0 Å². The Labute approximate surface area is 161 Å². The van der Waals surface area contributed by atoms with Crippen molar-refractivity contribution in [1.29, 1.82) is 0 Å². The first-order valence-electron chi connectivity index (χ1n) is 8.40. The lowest BCUT2D eigenvalue weighted by atomic mass is 9.96. The zero-order valence-corrected chi connectivity index (χ0v) is 15.2. The van der Waals surface area contributed by atoms with Gasteiger partial charge in [-0.05, 0) is 36.6 Å². The Morgan fingerprint density at radius 1 is 1.07 bits per heavy atom. The molecule has 0 aliphatic heterocycles. The average molecular weight is 384 g/mol. The Balaban J connectivity index is 1.67. The molecule has 0 saturated heterocycles. The fourth-order valence-corrected chi connectivity index (χ4v) is 2.69. The molecule has 8 heteroatoms. The van der Waals surface area contributed by atoms with Crippen LogP contribution in [0.4, 0.5) is 5.69 Å². The molecule has 1 unspecified atom stereocenters. The summed E-state index contributed by atoms with van der Waals surface area (Å²) >= 11 is 5.79.